The zero-order chi connectivity index (χ0) is 14.5. The summed E-state index contributed by atoms with van der Waals surface area (Å²) < 4.78 is 17.6. The zero-order valence-corrected chi connectivity index (χ0v) is 14.4. The van der Waals surface area contributed by atoms with Crippen LogP contribution >= 0.6 is 31.9 Å². The molecule has 1 heterocycles. The summed E-state index contributed by atoms with van der Waals surface area (Å²) in [6, 6.07) is 7.80. The van der Waals surface area contributed by atoms with Crippen LogP contribution in [0.4, 0.5) is 0 Å². The molecular weight excluding hydrogens is 390 g/mol. The third-order valence-corrected chi connectivity index (χ3v) is 4.48. The molecule has 0 radical (unpaired) electrons. The van der Waals surface area contributed by atoms with E-state index in [2.05, 4.69) is 37.2 Å². The van der Waals surface area contributed by atoms with E-state index in [4.69, 9.17) is 13.9 Å². The van der Waals surface area contributed by atoms with Gasteiger partial charge in [0, 0.05) is 6.54 Å². The number of benzene rings is 1. The van der Waals surface area contributed by atoms with Crippen LogP contribution in [0.5, 0.6) is 11.5 Å². The van der Waals surface area contributed by atoms with Crippen LogP contribution in [0.15, 0.2) is 37.8 Å². The summed E-state index contributed by atoms with van der Waals surface area (Å²) >= 11 is 6.70. The Morgan fingerprint density at radius 2 is 1.80 bits per heavy atom. The molecule has 0 aliphatic heterocycles. The average molecular weight is 405 g/mol. The minimum atomic E-state index is 0.651. The SMILES string of the molecule is COc1ccc(CNCc2cc(Br)c(Br)o2)cc1OC. The Kier molecular flexibility index (Phi) is 5.51. The summed E-state index contributed by atoms with van der Waals surface area (Å²) in [6.45, 7) is 1.37. The minimum absolute atomic E-state index is 0.651. The predicted octanol–water partition coefficient (Wildman–Crippen LogP) is 4.11. The Balaban J connectivity index is 1.94. The van der Waals surface area contributed by atoms with Gasteiger partial charge in [0.25, 0.3) is 0 Å². The monoisotopic (exact) mass is 403 g/mol. The number of hydrogen-bond acceptors (Lipinski definition) is 4. The van der Waals surface area contributed by atoms with Crippen LogP contribution < -0.4 is 14.8 Å². The number of ether oxygens (including phenoxy) is 2. The molecule has 1 aromatic heterocycles. The molecule has 1 N–H and O–H groups in total. The van der Waals surface area contributed by atoms with Crippen molar-refractivity contribution < 1.29 is 13.9 Å². The molecule has 6 heteroatoms. The lowest BCUT2D eigenvalue weighted by atomic mass is 10.2. The number of nitrogens with one attached hydrogen (secondary N) is 1. The van der Waals surface area contributed by atoms with E-state index in [9.17, 15) is 0 Å². The molecule has 2 aromatic rings. The molecule has 0 saturated carbocycles. The van der Waals surface area contributed by atoms with Crippen molar-refractivity contribution in [2.45, 2.75) is 13.1 Å². The molecule has 2 rings (SSSR count). The zero-order valence-electron chi connectivity index (χ0n) is 11.2. The highest BCUT2D eigenvalue weighted by Crippen LogP contribution is 2.28. The van der Waals surface area contributed by atoms with Crippen LogP contribution in [0.25, 0.3) is 0 Å². The molecule has 0 unspecified atom stereocenters. The van der Waals surface area contributed by atoms with E-state index in [1.807, 2.05) is 24.3 Å². The van der Waals surface area contributed by atoms with Gasteiger partial charge in [0.2, 0.25) is 0 Å². The lowest BCUT2D eigenvalue weighted by Crippen LogP contribution is -2.12. The standard InChI is InChI=1S/C14H15Br2NO3/c1-18-12-4-3-9(5-13(12)19-2)7-17-8-10-6-11(15)14(16)20-10/h3-6,17H,7-8H2,1-2H3. The smallest absolute Gasteiger partial charge is 0.183 e. The first-order valence-electron chi connectivity index (χ1n) is 5.99. The fourth-order valence-electron chi connectivity index (χ4n) is 1.80. The maximum Gasteiger partial charge on any atom is 0.183 e. The van der Waals surface area contributed by atoms with Gasteiger partial charge in [0.1, 0.15) is 5.76 Å². The maximum absolute atomic E-state index is 5.50. The molecule has 0 fully saturated rings. The van der Waals surface area contributed by atoms with Crippen LogP contribution in [0, 0.1) is 0 Å². The topological polar surface area (TPSA) is 43.6 Å². The molecule has 0 amide bonds. The van der Waals surface area contributed by atoms with Crippen molar-refractivity contribution in [3.8, 4) is 11.5 Å². The Morgan fingerprint density at radius 1 is 1.05 bits per heavy atom. The highest BCUT2D eigenvalue weighted by atomic mass is 79.9. The third-order valence-electron chi connectivity index (χ3n) is 2.77. The van der Waals surface area contributed by atoms with Gasteiger partial charge in [0.15, 0.2) is 16.2 Å². The van der Waals surface area contributed by atoms with Crippen LogP contribution in [0.3, 0.4) is 0 Å². The van der Waals surface area contributed by atoms with E-state index in [-0.39, 0.29) is 0 Å². The number of halogens is 2. The van der Waals surface area contributed by atoms with Crippen molar-refractivity contribution in [3.05, 3.63) is 44.7 Å². The fourth-order valence-corrected chi connectivity index (χ4v) is 2.46. The second-order valence-corrected chi connectivity index (χ2v) is 5.70. The van der Waals surface area contributed by atoms with Gasteiger partial charge in [0.05, 0.1) is 25.2 Å². The van der Waals surface area contributed by atoms with Crippen molar-refractivity contribution in [3.63, 3.8) is 0 Å². The molecule has 108 valence electrons. The molecule has 0 bridgehead atoms. The van der Waals surface area contributed by atoms with Gasteiger partial charge in [-0.3, -0.25) is 0 Å². The first kappa shape index (κ1) is 15.4. The van der Waals surface area contributed by atoms with Gasteiger partial charge in [-0.05, 0) is 55.6 Å². The first-order chi connectivity index (χ1) is 9.63. The number of rotatable bonds is 6. The molecule has 0 saturated heterocycles. The number of furan rings is 1. The van der Waals surface area contributed by atoms with Crippen LogP contribution in [-0.4, -0.2) is 14.2 Å². The number of hydrogen-bond donors (Lipinski definition) is 1. The molecule has 0 aliphatic rings. The van der Waals surface area contributed by atoms with E-state index in [0.717, 1.165) is 33.8 Å². The Bertz CT molecular complexity index is 564. The van der Waals surface area contributed by atoms with Crippen LogP contribution in [-0.2, 0) is 13.1 Å². The molecule has 20 heavy (non-hydrogen) atoms. The Hall–Kier alpha value is -0.980. The van der Waals surface area contributed by atoms with Crippen LogP contribution in [0.1, 0.15) is 11.3 Å². The Morgan fingerprint density at radius 3 is 2.40 bits per heavy atom. The van der Waals surface area contributed by atoms with E-state index in [0.29, 0.717) is 11.2 Å². The van der Waals surface area contributed by atoms with Crippen LogP contribution in [0.2, 0.25) is 0 Å². The molecule has 0 aliphatic carbocycles. The highest BCUT2D eigenvalue weighted by Gasteiger charge is 2.07. The first-order valence-corrected chi connectivity index (χ1v) is 7.58. The van der Waals surface area contributed by atoms with Gasteiger partial charge < -0.3 is 19.2 Å². The summed E-state index contributed by atoms with van der Waals surface area (Å²) in [5, 5.41) is 3.32. The maximum atomic E-state index is 5.50. The summed E-state index contributed by atoms with van der Waals surface area (Å²) in [5.41, 5.74) is 1.12. The van der Waals surface area contributed by atoms with Gasteiger partial charge >= 0.3 is 0 Å². The molecule has 4 nitrogen and oxygen atoms in total. The van der Waals surface area contributed by atoms with Gasteiger partial charge in [-0.1, -0.05) is 6.07 Å². The van der Waals surface area contributed by atoms with Crippen molar-refractivity contribution in [2.75, 3.05) is 14.2 Å². The summed E-state index contributed by atoms with van der Waals surface area (Å²) in [4.78, 5) is 0. The normalized spacial score (nSPS) is 10.6. The second kappa shape index (κ2) is 7.15. The molecular formula is C14H15Br2NO3. The van der Waals surface area contributed by atoms with Gasteiger partial charge in [-0.2, -0.15) is 0 Å². The largest absolute Gasteiger partial charge is 0.493 e. The van der Waals surface area contributed by atoms with Crippen molar-refractivity contribution in [2.24, 2.45) is 0 Å². The van der Waals surface area contributed by atoms with E-state index in [1.165, 1.54) is 0 Å². The van der Waals surface area contributed by atoms with E-state index in [1.54, 1.807) is 14.2 Å². The molecule has 0 atom stereocenters. The lowest BCUT2D eigenvalue weighted by Gasteiger charge is -2.09. The quantitative estimate of drug-likeness (QED) is 0.786. The number of methoxy groups -OCH3 is 2. The average Bonchev–Trinajstić information content (AvgIpc) is 2.77. The van der Waals surface area contributed by atoms with E-state index < -0.39 is 0 Å². The lowest BCUT2D eigenvalue weighted by molar-refractivity contribution is 0.354. The second-order valence-electron chi connectivity index (χ2n) is 4.13. The third kappa shape index (κ3) is 3.77. The van der Waals surface area contributed by atoms with E-state index >= 15 is 0 Å². The highest BCUT2D eigenvalue weighted by molar-refractivity contribution is 9.13. The Labute approximate surface area is 134 Å². The predicted molar refractivity (Wildman–Crippen MR) is 84.2 cm³/mol. The van der Waals surface area contributed by atoms with Gasteiger partial charge in [-0.15, -0.1) is 0 Å². The van der Waals surface area contributed by atoms with Crippen molar-refractivity contribution in [1.82, 2.24) is 5.32 Å². The molecule has 1 aromatic carbocycles. The summed E-state index contributed by atoms with van der Waals surface area (Å²) in [5.74, 6) is 2.33. The van der Waals surface area contributed by atoms with Crippen molar-refractivity contribution in [1.29, 1.82) is 0 Å². The summed E-state index contributed by atoms with van der Waals surface area (Å²) in [6.07, 6.45) is 0. The van der Waals surface area contributed by atoms with Gasteiger partial charge in [-0.25, -0.2) is 0 Å². The minimum Gasteiger partial charge on any atom is -0.493 e. The van der Waals surface area contributed by atoms with Crippen molar-refractivity contribution >= 4 is 31.9 Å². The fraction of sp³-hybridized carbons (Fsp3) is 0.286. The summed E-state index contributed by atoms with van der Waals surface area (Å²) in [7, 11) is 3.26. The molecule has 0 spiro atoms.